The molecule has 0 radical (unpaired) electrons. The van der Waals surface area contributed by atoms with E-state index in [1.54, 1.807) is 0 Å². The molecule has 1 saturated heterocycles. The molecule has 160 valence electrons. The second-order valence-electron chi connectivity index (χ2n) is 9.01. The molecule has 1 N–H and O–H groups in total. The van der Waals surface area contributed by atoms with Gasteiger partial charge < -0.3 is 10.2 Å². The summed E-state index contributed by atoms with van der Waals surface area (Å²) in [7, 11) is 0. The predicted octanol–water partition coefficient (Wildman–Crippen LogP) is 4.49. The number of anilines is 1. The molecule has 4 rings (SSSR count). The number of para-hydroxylation sites is 1. The van der Waals surface area contributed by atoms with Crippen LogP contribution in [0.4, 0.5) is 5.69 Å². The highest BCUT2D eigenvalue weighted by Crippen LogP contribution is 2.26. The van der Waals surface area contributed by atoms with Gasteiger partial charge in [-0.2, -0.15) is 0 Å². The van der Waals surface area contributed by atoms with E-state index in [1.165, 1.54) is 55.6 Å². The van der Waals surface area contributed by atoms with Crippen LogP contribution in [0.5, 0.6) is 0 Å². The molecule has 2 aliphatic rings. The number of nitrogens with one attached hydrogen (secondary N) is 1. The summed E-state index contributed by atoms with van der Waals surface area (Å²) in [6.45, 7) is 8.52. The number of carbonyl (C=O) groups is 1. The number of fused-ring (bicyclic) bond motifs is 1. The molecule has 1 unspecified atom stereocenters. The van der Waals surface area contributed by atoms with E-state index in [2.05, 4.69) is 58.4 Å². The van der Waals surface area contributed by atoms with E-state index in [1.807, 2.05) is 12.1 Å². The molecule has 0 spiro atoms. The van der Waals surface area contributed by atoms with Crippen molar-refractivity contribution < 1.29 is 4.79 Å². The van der Waals surface area contributed by atoms with Crippen LogP contribution in [0.25, 0.3) is 0 Å². The summed E-state index contributed by atoms with van der Waals surface area (Å²) in [4.78, 5) is 17.5. The molecule has 1 atom stereocenters. The van der Waals surface area contributed by atoms with Gasteiger partial charge in [0.1, 0.15) is 0 Å². The Bertz CT molecular complexity index is 832. The minimum atomic E-state index is 0.0344. The number of amides is 1. The number of aryl methyl sites for hydroxylation is 1. The molecule has 2 aromatic rings. The second kappa shape index (κ2) is 10.1. The number of carbonyl (C=O) groups excluding carboxylic acids is 1. The van der Waals surface area contributed by atoms with E-state index in [-0.39, 0.29) is 5.91 Å². The number of benzene rings is 2. The molecule has 2 aliphatic heterocycles. The van der Waals surface area contributed by atoms with Crippen LogP contribution in [-0.2, 0) is 13.0 Å². The fourth-order valence-corrected chi connectivity index (χ4v) is 4.87. The zero-order chi connectivity index (χ0) is 20.8. The Balaban J connectivity index is 1.21. The van der Waals surface area contributed by atoms with Gasteiger partial charge in [0.05, 0.1) is 0 Å². The second-order valence-corrected chi connectivity index (χ2v) is 9.01. The Morgan fingerprint density at radius 2 is 1.90 bits per heavy atom. The van der Waals surface area contributed by atoms with Gasteiger partial charge in [-0.15, -0.1) is 0 Å². The van der Waals surface area contributed by atoms with Crippen molar-refractivity contribution in [1.82, 2.24) is 10.2 Å². The van der Waals surface area contributed by atoms with Crippen LogP contribution in [-0.4, -0.2) is 43.5 Å². The quantitative estimate of drug-likeness (QED) is 0.690. The maximum absolute atomic E-state index is 12.5. The molecule has 30 heavy (non-hydrogen) atoms. The third kappa shape index (κ3) is 5.42. The first kappa shape index (κ1) is 20.9. The number of hydrogen-bond donors (Lipinski definition) is 1. The highest BCUT2D eigenvalue weighted by atomic mass is 16.1. The molecular weight excluding hydrogens is 370 g/mol. The summed E-state index contributed by atoms with van der Waals surface area (Å²) in [6.07, 6.45) is 6.00. The van der Waals surface area contributed by atoms with Crippen LogP contribution in [0.3, 0.4) is 0 Å². The van der Waals surface area contributed by atoms with Crippen LogP contribution >= 0.6 is 0 Å². The fraction of sp³-hybridized carbons (Fsp3) is 0.500. The summed E-state index contributed by atoms with van der Waals surface area (Å²) in [5, 5.41) is 3.09. The Morgan fingerprint density at radius 3 is 2.73 bits per heavy atom. The number of rotatable bonds is 7. The normalized spacial score (nSPS) is 19.4. The maximum Gasteiger partial charge on any atom is 0.251 e. The van der Waals surface area contributed by atoms with Gasteiger partial charge in [0, 0.05) is 44.0 Å². The zero-order valence-electron chi connectivity index (χ0n) is 18.3. The standard InChI is InChI=1S/C26H35N3O/c1-21-7-4-16-28(19-21)20-22-11-13-24(14-12-22)26(30)27-15-6-18-29-17-5-9-23-8-2-3-10-25(23)29/h2-3,8,10-14,21H,4-7,9,15-20H2,1H3,(H,27,30). The molecule has 4 nitrogen and oxygen atoms in total. The summed E-state index contributed by atoms with van der Waals surface area (Å²) in [5.41, 5.74) is 4.87. The van der Waals surface area contributed by atoms with Crippen molar-refractivity contribution in [1.29, 1.82) is 0 Å². The summed E-state index contributed by atoms with van der Waals surface area (Å²) in [6, 6.07) is 16.9. The van der Waals surface area contributed by atoms with Crippen molar-refractivity contribution in [3.63, 3.8) is 0 Å². The molecule has 4 heteroatoms. The van der Waals surface area contributed by atoms with Crippen LogP contribution in [0, 0.1) is 5.92 Å². The molecule has 2 aromatic carbocycles. The van der Waals surface area contributed by atoms with Gasteiger partial charge in [-0.05, 0) is 73.9 Å². The summed E-state index contributed by atoms with van der Waals surface area (Å²) < 4.78 is 0. The molecule has 0 aliphatic carbocycles. The van der Waals surface area contributed by atoms with E-state index in [0.717, 1.165) is 37.5 Å². The largest absolute Gasteiger partial charge is 0.371 e. The highest BCUT2D eigenvalue weighted by molar-refractivity contribution is 5.94. The Kier molecular flexibility index (Phi) is 7.06. The molecule has 0 bridgehead atoms. The van der Waals surface area contributed by atoms with Gasteiger partial charge in [-0.25, -0.2) is 0 Å². The van der Waals surface area contributed by atoms with E-state index in [9.17, 15) is 4.79 Å². The monoisotopic (exact) mass is 405 g/mol. The molecule has 2 heterocycles. The van der Waals surface area contributed by atoms with Gasteiger partial charge in [0.15, 0.2) is 0 Å². The Hall–Kier alpha value is -2.33. The lowest BCUT2D eigenvalue weighted by molar-refractivity contribution is 0.0953. The third-order valence-electron chi connectivity index (χ3n) is 6.46. The van der Waals surface area contributed by atoms with Gasteiger partial charge in [0.2, 0.25) is 0 Å². The first-order valence-electron chi connectivity index (χ1n) is 11.6. The highest BCUT2D eigenvalue weighted by Gasteiger charge is 2.17. The fourth-order valence-electron chi connectivity index (χ4n) is 4.87. The van der Waals surface area contributed by atoms with Gasteiger partial charge in [-0.3, -0.25) is 9.69 Å². The molecule has 0 aromatic heterocycles. The summed E-state index contributed by atoms with van der Waals surface area (Å²) in [5.74, 6) is 0.828. The minimum absolute atomic E-state index is 0.0344. The Morgan fingerprint density at radius 1 is 1.07 bits per heavy atom. The van der Waals surface area contributed by atoms with Crippen molar-refractivity contribution in [2.24, 2.45) is 5.92 Å². The van der Waals surface area contributed by atoms with Crippen LogP contribution in [0.15, 0.2) is 48.5 Å². The lowest BCUT2D eigenvalue weighted by Gasteiger charge is -2.31. The van der Waals surface area contributed by atoms with Crippen molar-refractivity contribution in [3.05, 3.63) is 65.2 Å². The molecule has 1 amide bonds. The zero-order valence-corrected chi connectivity index (χ0v) is 18.3. The van der Waals surface area contributed by atoms with E-state index < -0.39 is 0 Å². The third-order valence-corrected chi connectivity index (χ3v) is 6.46. The van der Waals surface area contributed by atoms with Crippen molar-refractivity contribution in [2.75, 3.05) is 37.6 Å². The smallest absolute Gasteiger partial charge is 0.251 e. The topological polar surface area (TPSA) is 35.6 Å². The van der Waals surface area contributed by atoms with Crippen molar-refractivity contribution in [3.8, 4) is 0 Å². The molecular formula is C26H35N3O. The average molecular weight is 406 g/mol. The number of likely N-dealkylation sites (tertiary alicyclic amines) is 1. The van der Waals surface area contributed by atoms with Crippen LogP contribution < -0.4 is 10.2 Å². The van der Waals surface area contributed by atoms with E-state index in [4.69, 9.17) is 0 Å². The first-order valence-corrected chi connectivity index (χ1v) is 11.6. The van der Waals surface area contributed by atoms with E-state index >= 15 is 0 Å². The molecule has 0 saturated carbocycles. The number of hydrogen-bond acceptors (Lipinski definition) is 3. The number of piperidine rings is 1. The first-order chi connectivity index (χ1) is 14.7. The van der Waals surface area contributed by atoms with Crippen LogP contribution in [0.1, 0.15) is 54.1 Å². The predicted molar refractivity (Wildman–Crippen MR) is 124 cm³/mol. The maximum atomic E-state index is 12.5. The lowest BCUT2D eigenvalue weighted by atomic mass is 9.99. The van der Waals surface area contributed by atoms with Gasteiger partial charge in [-0.1, -0.05) is 37.3 Å². The average Bonchev–Trinajstić information content (AvgIpc) is 2.77. The molecule has 1 fully saturated rings. The van der Waals surface area contributed by atoms with E-state index in [0.29, 0.717) is 6.54 Å². The van der Waals surface area contributed by atoms with Crippen molar-refractivity contribution >= 4 is 11.6 Å². The van der Waals surface area contributed by atoms with Gasteiger partial charge >= 0.3 is 0 Å². The van der Waals surface area contributed by atoms with Crippen LogP contribution in [0.2, 0.25) is 0 Å². The number of nitrogens with zero attached hydrogens (tertiary/aromatic N) is 2. The Labute approximate surface area is 181 Å². The minimum Gasteiger partial charge on any atom is -0.371 e. The van der Waals surface area contributed by atoms with Gasteiger partial charge in [0.25, 0.3) is 5.91 Å². The lowest BCUT2D eigenvalue weighted by Crippen LogP contribution is -2.33. The summed E-state index contributed by atoms with van der Waals surface area (Å²) >= 11 is 0. The van der Waals surface area contributed by atoms with Crippen molar-refractivity contribution in [2.45, 2.75) is 45.6 Å². The SMILES string of the molecule is CC1CCCN(Cc2ccc(C(=O)NCCCN3CCCc4ccccc43)cc2)C1.